The van der Waals surface area contributed by atoms with Crippen molar-refractivity contribution in [3.05, 3.63) is 57.1 Å². The molecule has 1 aromatic carbocycles. The third-order valence-corrected chi connectivity index (χ3v) is 3.65. The van der Waals surface area contributed by atoms with Crippen molar-refractivity contribution in [2.45, 2.75) is 25.6 Å². The van der Waals surface area contributed by atoms with Crippen LogP contribution in [0.15, 0.2) is 30.6 Å². The van der Waals surface area contributed by atoms with E-state index in [1.165, 1.54) is 23.0 Å². The van der Waals surface area contributed by atoms with Crippen LogP contribution in [-0.2, 0) is 6.54 Å². The van der Waals surface area contributed by atoms with E-state index in [2.05, 4.69) is 10.4 Å². The maximum absolute atomic E-state index is 13.8. The van der Waals surface area contributed by atoms with Crippen LogP contribution in [0.1, 0.15) is 18.5 Å². The number of nitrogens with zero attached hydrogens (tertiary/aromatic N) is 3. The first-order valence-corrected chi connectivity index (χ1v) is 7.28. The summed E-state index contributed by atoms with van der Waals surface area (Å²) in [7, 11) is 0. The maximum Gasteiger partial charge on any atom is 0.306 e. The van der Waals surface area contributed by atoms with Crippen molar-refractivity contribution in [1.82, 2.24) is 15.1 Å². The van der Waals surface area contributed by atoms with Gasteiger partial charge in [-0.2, -0.15) is 5.10 Å². The molecule has 0 bridgehead atoms. The molecule has 23 heavy (non-hydrogen) atoms. The second-order valence-corrected chi connectivity index (χ2v) is 5.50. The van der Waals surface area contributed by atoms with E-state index in [1.54, 1.807) is 13.0 Å². The number of hydrogen-bond acceptors (Lipinski definition) is 5. The van der Waals surface area contributed by atoms with Crippen LogP contribution in [0.4, 0.5) is 10.1 Å². The number of aliphatic hydroxyl groups is 1. The monoisotopic (exact) mass is 342 g/mol. The first-order valence-electron chi connectivity index (χ1n) is 6.90. The quantitative estimate of drug-likeness (QED) is 0.595. The van der Waals surface area contributed by atoms with E-state index >= 15 is 0 Å². The minimum atomic E-state index is -0.845. The molecule has 0 saturated carbocycles. The molecule has 0 fully saturated rings. The predicted molar refractivity (Wildman–Crippen MR) is 82.7 cm³/mol. The van der Waals surface area contributed by atoms with Gasteiger partial charge in [-0.15, -0.1) is 0 Å². The number of aliphatic hydroxyl groups excluding tert-OH is 1. The van der Waals surface area contributed by atoms with Gasteiger partial charge in [-0.05, 0) is 19.1 Å². The zero-order chi connectivity index (χ0) is 17.0. The number of aromatic nitrogens is 2. The molecule has 0 aliphatic heterocycles. The highest BCUT2D eigenvalue weighted by Crippen LogP contribution is 2.25. The Labute approximate surface area is 136 Å². The van der Waals surface area contributed by atoms with Crippen molar-refractivity contribution in [3.63, 3.8) is 0 Å². The van der Waals surface area contributed by atoms with Gasteiger partial charge in [0.2, 0.25) is 0 Å². The molecule has 0 amide bonds. The largest absolute Gasteiger partial charge is 0.390 e. The van der Waals surface area contributed by atoms with Gasteiger partial charge in [-0.1, -0.05) is 17.7 Å². The van der Waals surface area contributed by atoms with E-state index in [9.17, 15) is 19.6 Å². The summed E-state index contributed by atoms with van der Waals surface area (Å²) in [6.45, 7) is 1.97. The lowest BCUT2D eigenvalue weighted by atomic mass is 10.1. The van der Waals surface area contributed by atoms with Gasteiger partial charge < -0.3 is 10.4 Å². The Morgan fingerprint density at radius 3 is 2.91 bits per heavy atom. The molecule has 9 heteroatoms. The van der Waals surface area contributed by atoms with E-state index in [0.29, 0.717) is 10.6 Å². The molecule has 2 rings (SSSR count). The number of halogens is 2. The summed E-state index contributed by atoms with van der Waals surface area (Å²) in [5, 5.41) is 27.6. The summed E-state index contributed by atoms with van der Waals surface area (Å²) in [5.74, 6) is -0.422. The van der Waals surface area contributed by atoms with Crippen LogP contribution >= 0.6 is 11.6 Å². The molecule has 0 spiro atoms. The zero-order valence-electron chi connectivity index (χ0n) is 12.3. The molecule has 2 aromatic rings. The van der Waals surface area contributed by atoms with Crippen LogP contribution in [0.2, 0.25) is 5.02 Å². The van der Waals surface area contributed by atoms with E-state index in [1.807, 2.05) is 0 Å². The van der Waals surface area contributed by atoms with E-state index in [-0.39, 0.29) is 18.8 Å². The standard InChI is InChI=1S/C14H16ClFN4O3/c1-9(14-12(15)3-2-4-13(14)16)17-6-11(21)8-19-7-10(5-18-19)20(22)23/h2-5,7,9,11,17,21H,6,8H2,1H3. The Morgan fingerprint density at radius 2 is 2.30 bits per heavy atom. The summed E-state index contributed by atoms with van der Waals surface area (Å²) in [6, 6.07) is 4.04. The van der Waals surface area contributed by atoms with Gasteiger partial charge in [0.25, 0.3) is 0 Å². The first kappa shape index (κ1) is 17.3. The Morgan fingerprint density at radius 1 is 1.57 bits per heavy atom. The highest BCUT2D eigenvalue weighted by molar-refractivity contribution is 6.31. The summed E-state index contributed by atoms with van der Waals surface area (Å²) < 4.78 is 15.1. The molecule has 2 N–H and O–H groups in total. The molecular formula is C14H16ClFN4O3. The van der Waals surface area contributed by atoms with Crippen LogP contribution in [0.25, 0.3) is 0 Å². The molecule has 2 unspecified atom stereocenters. The number of nitrogens with one attached hydrogen (secondary N) is 1. The van der Waals surface area contributed by atoms with Crippen molar-refractivity contribution < 1.29 is 14.4 Å². The molecule has 7 nitrogen and oxygen atoms in total. The highest BCUT2D eigenvalue weighted by Gasteiger charge is 2.16. The third kappa shape index (κ3) is 4.47. The number of nitro groups is 1. The number of rotatable bonds is 7. The van der Waals surface area contributed by atoms with Gasteiger partial charge in [0.15, 0.2) is 0 Å². The van der Waals surface area contributed by atoms with Crippen molar-refractivity contribution in [3.8, 4) is 0 Å². The lowest BCUT2D eigenvalue weighted by Crippen LogP contribution is -2.32. The predicted octanol–water partition coefficient (Wildman–Crippen LogP) is 2.30. The molecule has 0 saturated heterocycles. The number of hydrogen-bond donors (Lipinski definition) is 2. The van der Waals surface area contributed by atoms with Crippen LogP contribution < -0.4 is 5.32 Å². The molecule has 0 radical (unpaired) electrons. The van der Waals surface area contributed by atoms with Gasteiger partial charge in [0, 0.05) is 23.2 Å². The van der Waals surface area contributed by atoms with Gasteiger partial charge >= 0.3 is 5.69 Å². The van der Waals surface area contributed by atoms with Gasteiger partial charge in [-0.3, -0.25) is 14.8 Å². The Hall–Kier alpha value is -2.03. The van der Waals surface area contributed by atoms with Crippen molar-refractivity contribution >= 4 is 17.3 Å². The van der Waals surface area contributed by atoms with Crippen molar-refractivity contribution in [2.24, 2.45) is 0 Å². The second-order valence-electron chi connectivity index (χ2n) is 5.10. The molecule has 1 aromatic heterocycles. The summed E-state index contributed by atoms with van der Waals surface area (Å²) in [4.78, 5) is 10.0. The highest BCUT2D eigenvalue weighted by atomic mass is 35.5. The van der Waals surface area contributed by atoms with Crippen molar-refractivity contribution in [1.29, 1.82) is 0 Å². The average Bonchev–Trinajstić information content (AvgIpc) is 2.93. The lowest BCUT2D eigenvalue weighted by molar-refractivity contribution is -0.385. The zero-order valence-corrected chi connectivity index (χ0v) is 13.1. The molecule has 0 aliphatic carbocycles. The van der Waals surface area contributed by atoms with Gasteiger partial charge in [0.1, 0.15) is 18.2 Å². The molecule has 1 heterocycles. The average molecular weight is 343 g/mol. The fraction of sp³-hybridized carbons (Fsp3) is 0.357. The number of benzene rings is 1. The SMILES string of the molecule is CC(NCC(O)Cn1cc([N+](=O)[O-])cn1)c1c(F)cccc1Cl. The van der Waals surface area contributed by atoms with E-state index in [0.717, 1.165) is 6.20 Å². The summed E-state index contributed by atoms with van der Waals surface area (Å²) in [6.07, 6.45) is 1.50. The molecule has 0 aliphatic rings. The molecule has 2 atom stereocenters. The van der Waals surface area contributed by atoms with E-state index in [4.69, 9.17) is 11.6 Å². The first-order chi connectivity index (χ1) is 10.9. The summed E-state index contributed by atoms with van der Waals surface area (Å²) >= 11 is 5.98. The molecule has 124 valence electrons. The lowest BCUT2D eigenvalue weighted by Gasteiger charge is -2.19. The van der Waals surface area contributed by atoms with Gasteiger partial charge in [0.05, 0.1) is 17.6 Å². The summed E-state index contributed by atoms with van der Waals surface area (Å²) in [5.41, 5.74) is 0.188. The van der Waals surface area contributed by atoms with Crippen LogP contribution in [0.5, 0.6) is 0 Å². The Balaban J connectivity index is 1.90. The Kier molecular flexibility index (Phi) is 5.64. The van der Waals surface area contributed by atoms with Gasteiger partial charge in [-0.25, -0.2) is 4.39 Å². The third-order valence-electron chi connectivity index (χ3n) is 3.32. The minimum Gasteiger partial charge on any atom is -0.390 e. The smallest absolute Gasteiger partial charge is 0.306 e. The Bertz CT molecular complexity index is 674. The maximum atomic E-state index is 13.8. The minimum absolute atomic E-state index is 0.0819. The second kappa shape index (κ2) is 7.49. The fourth-order valence-corrected chi connectivity index (χ4v) is 2.49. The van der Waals surface area contributed by atoms with Crippen LogP contribution in [-0.4, -0.2) is 32.5 Å². The van der Waals surface area contributed by atoms with Crippen LogP contribution in [0.3, 0.4) is 0 Å². The fourth-order valence-electron chi connectivity index (χ4n) is 2.17. The van der Waals surface area contributed by atoms with Crippen LogP contribution in [0, 0.1) is 15.9 Å². The topological polar surface area (TPSA) is 93.2 Å². The normalized spacial score (nSPS) is 13.7. The molecular weight excluding hydrogens is 327 g/mol. The van der Waals surface area contributed by atoms with Crippen molar-refractivity contribution in [2.75, 3.05) is 6.54 Å². The van der Waals surface area contributed by atoms with E-state index < -0.39 is 22.9 Å².